The lowest BCUT2D eigenvalue weighted by atomic mass is 10.2. The first-order valence-electron chi connectivity index (χ1n) is 6.46. The van der Waals surface area contributed by atoms with Crippen molar-refractivity contribution in [3.05, 3.63) is 54.1 Å². The van der Waals surface area contributed by atoms with Gasteiger partial charge in [0.15, 0.2) is 0 Å². The monoisotopic (exact) mass is 321 g/mol. The third-order valence-corrected chi connectivity index (χ3v) is 5.93. The SMILES string of the molecule is Cc1ccc(S(=O)(=O)OC2Sc3ccccc3N2C)cc1. The summed E-state index contributed by atoms with van der Waals surface area (Å²) in [7, 11) is -1.95. The molecule has 6 heteroatoms. The number of para-hydroxylation sites is 1. The molecule has 0 amide bonds. The molecule has 1 atom stereocenters. The van der Waals surface area contributed by atoms with Gasteiger partial charge in [0.2, 0.25) is 5.56 Å². The molecule has 0 saturated carbocycles. The molecule has 4 nitrogen and oxygen atoms in total. The van der Waals surface area contributed by atoms with Gasteiger partial charge in [0, 0.05) is 11.9 Å². The van der Waals surface area contributed by atoms with E-state index in [0.717, 1.165) is 16.1 Å². The molecule has 0 aromatic heterocycles. The predicted octanol–water partition coefficient (Wildman–Crippen LogP) is 3.23. The lowest BCUT2D eigenvalue weighted by molar-refractivity contribution is 0.294. The van der Waals surface area contributed by atoms with Crippen molar-refractivity contribution in [2.45, 2.75) is 22.3 Å². The Morgan fingerprint density at radius 2 is 1.76 bits per heavy atom. The van der Waals surface area contributed by atoms with Crippen molar-refractivity contribution in [3.63, 3.8) is 0 Å². The Morgan fingerprint density at radius 3 is 2.43 bits per heavy atom. The summed E-state index contributed by atoms with van der Waals surface area (Å²) in [5, 5.41) is 0. The highest BCUT2D eigenvalue weighted by atomic mass is 32.2. The van der Waals surface area contributed by atoms with Gasteiger partial charge in [-0.25, -0.2) is 4.18 Å². The number of aryl methyl sites for hydroxylation is 1. The fourth-order valence-electron chi connectivity index (χ4n) is 2.10. The van der Waals surface area contributed by atoms with E-state index in [0.29, 0.717) is 0 Å². The smallest absolute Gasteiger partial charge is 0.299 e. The highest BCUT2D eigenvalue weighted by Gasteiger charge is 2.32. The highest BCUT2D eigenvalue weighted by molar-refractivity contribution is 8.01. The average molecular weight is 321 g/mol. The molecule has 1 unspecified atom stereocenters. The average Bonchev–Trinajstić information content (AvgIpc) is 2.76. The Kier molecular flexibility index (Phi) is 3.69. The Bertz CT molecular complexity index is 757. The molecule has 2 aromatic carbocycles. The zero-order chi connectivity index (χ0) is 15.0. The van der Waals surface area contributed by atoms with Crippen LogP contribution >= 0.6 is 11.8 Å². The van der Waals surface area contributed by atoms with Gasteiger partial charge in [0.05, 0.1) is 10.6 Å². The van der Waals surface area contributed by atoms with Crippen LogP contribution in [0.2, 0.25) is 0 Å². The van der Waals surface area contributed by atoms with E-state index in [1.165, 1.54) is 11.8 Å². The normalized spacial score (nSPS) is 17.8. The van der Waals surface area contributed by atoms with Gasteiger partial charge in [-0.2, -0.15) is 8.42 Å². The van der Waals surface area contributed by atoms with Gasteiger partial charge >= 0.3 is 0 Å². The van der Waals surface area contributed by atoms with Gasteiger partial charge in [0.25, 0.3) is 10.1 Å². The molecule has 1 aliphatic rings. The van der Waals surface area contributed by atoms with E-state index in [2.05, 4.69) is 0 Å². The van der Waals surface area contributed by atoms with E-state index < -0.39 is 15.7 Å². The summed E-state index contributed by atoms with van der Waals surface area (Å²) in [6.07, 6.45) is 0. The minimum absolute atomic E-state index is 0.179. The van der Waals surface area contributed by atoms with Crippen LogP contribution in [0.5, 0.6) is 0 Å². The number of hydrogen-bond acceptors (Lipinski definition) is 5. The lowest BCUT2D eigenvalue weighted by Crippen LogP contribution is -2.29. The largest absolute Gasteiger partial charge is 0.338 e. The number of nitrogens with zero attached hydrogens (tertiary/aromatic N) is 1. The fourth-order valence-corrected chi connectivity index (χ4v) is 4.48. The van der Waals surface area contributed by atoms with Gasteiger partial charge in [-0.05, 0) is 31.2 Å². The summed E-state index contributed by atoms with van der Waals surface area (Å²) in [4.78, 5) is 3.02. The van der Waals surface area contributed by atoms with Gasteiger partial charge in [0.1, 0.15) is 0 Å². The maximum absolute atomic E-state index is 12.3. The summed E-state index contributed by atoms with van der Waals surface area (Å²) >= 11 is 1.39. The van der Waals surface area contributed by atoms with Crippen LogP contribution in [0, 0.1) is 6.92 Å². The van der Waals surface area contributed by atoms with Gasteiger partial charge in [-0.1, -0.05) is 41.6 Å². The van der Waals surface area contributed by atoms with E-state index in [1.807, 2.05) is 43.1 Å². The van der Waals surface area contributed by atoms with Gasteiger partial charge < -0.3 is 4.90 Å². The Balaban J connectivity index is 1.83. The summed E-state index contributed by atoms with van der Waals surface area (Å²) < 4.78 is 30.0. The molecule has 0 N–H and O–H groups in total. The molecule has 0 fully saturated rings. The number of thioether (sulfide) groups is 1. The van der Waals surface area contributed by atoms with Gasteiger partial charge in [-0.3, -0.25) is 0 Å². The molecule has 1 heterocycles. The van der Waals surface area contributed by atoms with Crippen LogP contribution in [0.1, 0.15) is 5.56 Å². The van der Waals surface area contributed by atoms with Crippen molar-refractivity contribution in [1.82, 2.24) is 0 Å². The summed E-state index contributed by atoms with van der Waals surface area (Å²) in [6.45, 7) is 1.91. The first-order valence-corrected chi connectivity index (χ1v) is 8.75. The molecule has 1 aliphatic heterocycles. The van der Waals surface area contributed by atoms with Crippen molar-refractivity contribution in [2.75, 3.05) is 11.9 Å². The summed E-state index contributed by atoms with van der Waals surface area (Å²) in [6, 6.07) is 14.4. The van der Waals surface area contributed by atoms with Crippen LogP contribution < -0.4 is 4.90 Å². The molecule has 0 aliphatic carbocycles. The van der Waals surface area contributed by atoms with E-state index in [4.69, 9.17) is 4.18 Å². The Hall–Kier alpha value is -1.50. The third kappa shape index (κ3) is 2.79. The number of fused-ring (bicyclic) bond motifs is 1. The standard InChI is InChI=1S/C15H15NO3S2/c1-11-7-9-12(10-8-11)21(17,18)19-15-16(2)13-5-3-4-6-14(13)20-15/h3-10,15H,1-2H3. The van der Waals surface area contributed by atoms with E-state index >= 15 is 0 Å². The second-order valence-electron chi connectivity index (χ2n) is 4.87. The molecule has 3 rings (SSSR count). The van der Waals surface area contributed by atoms with Crippen LogP contribution in [0.3, 0.4) is 0 Å². The number of benzene rings is 2. The summed E-state index contributed by atoms with van der Waals surface area (Å²) in [5.74, 6) is 0. The molecule has 0 saturated heterocycles. The first-order chi connectivity index (χ1) is 9.97. The van der Waals surface area contributed by atoms with Crippen LogP contribution in [0.4, 0.5) is 5.69 Å². The molecule has 110 valence electrons. The van der Waals surface area contributed by atoms with E-state index in [1.54, 1.807) is 24.3 Å². The molecule has 0 bridgehead atoms. The first kappa shape index (κ1) is 14.4. The molecule has 0 spiro atoms. The second-order valence-corrected chi connectivity index (χ2v) is 7.52. The fraction of sp³-hybridized carbons (Fsp3) is 0.200. The van der Waals surface area contributed by atoms with E-state index in [9.17, 15) is 8.42 Å². The van der Waals surface area contributed by atoms with Crippen molar-refractivity contribution in [3.8, 4) is 0 Å². The Morgan fingerprint density at radius 1 is 1.10 bits per heavy atom. The number of hydrogen-bond donors (Lipinski definition) is 0. The third-order valence-electron chi connectivity index (χ3n) is 3.31. The summed E-state index contributed by atoms with van der Waals surface area (Å²) in [5.41, 5.74) is 1.41. The minimum Gasteiger partial charge on any atom is -0.338 e. The minimum atomic E-state index is -3.77. The Labute approximate surface area is 128 Å². The van der Waals surface area contributed by atoms with Crippen LogP contribution in [-0.2, 0) is 14.3 Å². The highest BCUT2D eigenvalue weighted by Crippen LogP contribution is 2.43. The molecule has 2 aromatic rings. The van der Waals surface area contributed by atoms with Crippen LogP contribution in [0.25, 0.3) is 0 Å². The number of rotatable bonds is 3. The van der Waals surface area contributed by atoms with E-state index in [-0.39, 0.29) is 4.90 Å². The molecular weight excluding hydrogens is 306 g/mol. The maximum Gasteiger partial charge on any atom is 0.299 e. The number of anilines is 1. The maximum atomic E-state index is 12.3. The lowest BCUT2D eigenvalue weighted by Gasteiger charge is -2.21. The van der Waals surface area contributed by atoms with Crippen LogP contribution in [0.15, 0.2) is 58.3 Å². The van der Waals surface area contributed by atoms with Crippen molar-refractivity contribution in [1.29, 1.82) is 0 Å². The molecular formula is C15H15NO3S2. The van der Waals surface area contributed by atoms with Crippen molar-refractivity contribution in [2.24, 2.45) is 0 Å². The quantitative estimate of drug-likeness (QED) is 0.812. The second kappa shape index (κ2) is 5.36. The van der Waals surface area contributed by atoms with Crippen molar-refractivity contribution < 1.29 is 12.6 Å². The zero-order valence-electron chi connectivity index (χ0n) is 11.7. The molecule has 21 heavy (non-hydrogen) atoms. The molecule has 0 radical (unpaired) electrons. The van der Waals surface area contributed by atoms with Crippen molar-refractivity contribution >= 4 is 27.6 Å². The van der Waals surface area contributed by atoms with Gasteiger partial charge in [-0.15, -0.1) is 0 Å². The zero-order valence-corrected chi connectivity index (χ0v) is 13.3. The van der Waals surface area contributed by atoms with Crippen LogP contribution in [-0.4, -0.2) is 21.0 Å². The predicted molar refractivity (Wildman–Crippen MR) is 83.9 cm³/mol. The topological polar surface area (TPSA) is 46.6 Å².